The lowest BCUT2D eigenvalue weighted by molar-refractivity contribution is 0.0292. The van der Waals surface area contributed by atoms with Crippen LogP contribution in [0, 0.1) is 6.92 Å². The lowest BCUT2D eigenvalue weighted by Gasteiger charge is -2.26. The van der Waals surface area contributed by atoms with Crippen molar-refractivity contribution in [3.63, 3.8) is 0 Å². The molecule has 1 fully saturated rings. The quantitative estimate of drug-likeness (QED) is 0.346. The molecular weight excluding hydrogens is 526 g/mol. The molecule has 0 radical (unpaired) electrons. The van der Waals surface area contributed by atoms with Crippen molar-refractivity contribution in [2.45, 2.75) is 70.2 Å². The van der Waals surface area contributed by atoms with Crippen molar-refractivity contribution in [2.24, 2.45) is 7.05 Å². The first-order valence-electron chi connectivity index (χ1n) is 13.7. The molecule has 216 valence electrons. The van der Waals surface area contributed by atoms with Crippen molar-refractivity contribution in [1.29, 1.82) is 0 Å². The number of fused-ring (bicyclic) bond motifs is 1. The van der Waals surface area contributed by atoms with Gasteiger partial charge in [-0.3, -0.25) is 14.5 Å². The summed E-state index contributed by atoms with van der Waals surface area (Å²) in [5, 5.41) is 7.45. The number of ether oxygens (including phenoxy) is 1. The van der Waals surface area contributed by atoms with Gasteiger partial charge in [-0.2, -0.15) is 5.10 Å². The third-order valence-corrected chi connectivity index (χ3v) is 8.28. The summed E-state index contributed by atoms with van der Waals surface area (Å²) in [6.07, 6.45) is 5.29. The number of hydrogen-bond donors (Lipinski definition) is 1. The Bertz CT molecular complexity index is 1310. The van der Waals surface area contributed by atoms with Gasteiger partial charge in [0.25, 0.3) is 0 Å². The van der Waals surface area contributed by atoms with Crippen molar-refractivity contribution in [3.8, 4) is 0 Å². The summed E-state index contributed by atoms with van der Waals surface area (Å²) >= 11 is 1.72. The Balaban J connectivity index is 0.000000186. The van der Waals surface area contributed by atoms with Gasteiger partial charge in [-0.05, 0) is 76.9 Å². The zero-order valence-electron chi connectivity index (χ0n) is 24.4. The maximum absolute atomic E-state index is 12.1. The van der Waals surface area contributed by atoms with E-state index < -0.39 is 5.60 Å². The van der Waals surface area contributed by atoms with Gasteiger partial charge in [-0.25, -0.2) is 9.10 Å². The van der Waals surface area contributed by atoms with E-state index in [2.05, 4.69) is 31.8 Å². The molecule has 1 unspecified atom stereocenters. The number of aldehydes is 1. The van der Waals surface area contributed by atoms with Gasteiger partial charge in [-0.1, -0.05) is 6.07 Å². The molecule has 2 aliphatic heterocycles. The minimum Gasteiger partial charge on any atom is -0.444 e. The summed E-state index contributed by atoms with van der Waals surface area (Å²) < 4.78 is 11.7. The van der Waals surface area contributed by atoms with Crippen molar-refractivity contribution < 1.29 is 14.3 Å². The van der Waals surface area contributed by atoms with Gasteiger partial charge >= 0.3 is 6.09 Å². The van der Waals surface area contributed by atoms with Crippen LogP contribution < -0.4 is 5.32 Å². The first-order chi connectivity index (χ1) is 19.1. The normalized spacial score (nSPS) is 17.2. The number of likely N-dealkylation sites (tertiary alicyclic amines) is 1. The highest BCUT2D eigenvalue weighted by molar-refractivity contribution is 7.97. The minimum absolute atomic E-state index is 0.226. The Morgan fingerprint density at radius 1 is 1.23 bits per heavy atom. The first kappa shape index (κ1) is 29.8. The Hall–Kier alpha value is -3.15. The van der Waals surface area contributed by atoms with Crippen LogP contribution in [0.1, 0.15) is 66.2 Å². The fourth-order valence-corrected chi connectivity index (χ4v) is 6.00. The third kappa shape index (κ3) is 7.32. The molecule has 11 heteroatoms. The molecule has 0 saturated carbocycles. The first-order valence-corrected chi connectivity index (χ1v) is 14.5. The van der Waals surface area contributed by atoms with Crippen LogP contribution in [0.3, 0.4) is 0 Å². The van der Waals surface area contributed by atoms with E-state index in [0.29, 0.717) is 12.5 Å². The van der Waals surface area contributed by atoms with Gasteiger partial charge in [0.1, 0.15) is 5.60 Å². The molecule has 40 heavy (non-hydrogen) atoms. The predicted molar refractivity (Wildman–Crippen MR) is 156 cm³/mol. The predicted octanol–water partition coefficient (Wildman–Crippen LogP) is 4.39. The minimum atomic E-state index is -0.447. The third-order valence-electron chi connectivity index (χ3n) is 7.10. The molecule has 10 nitrogen and oxygen atoms in total. The molecule has 1 N–H and O–H groups in total. The monoisotopic (exact) mass is 567 g/mol. The Labute approximate surface area is 241 Å². The molecule has 5 rings (SSSR count). The number of carbonyl (C=O) groups excluding carboxylic acids is 2. The average Bonchev–Trinajstić information content (AvgIpc) is 3.65. The highest BCUT2D eigenvalue weighted by Crippen LogP contribution is 2.31. The second-order valence-corrected chi connectivity index (χ2v) is 12.3. The lowest BCUT2D eigenvalue weighted by atomic mass is 9.99. The number of rotatable bonds is 6. The Morgan fingerprint density at radius 2 is 2.02 bits per heavy atom. The van der Waals surface area contributed by atoms with E-state index in [-0.39, 0.29) is 6.09 Å². The zero-order valence-corrected chi connectivity index (χ0v) is 25.2. The fourth-order valence-electron chi connectivity index (χ4n) is 4.91. The summed E-state index contributed by atoms with van der Waals surface area (Å²) in [6, 6.07) is 8.06. The largest absolute Gasteiger partial charge is 0.444 e. The van der Waals surface area contributed by atoms with Crippen molar-refractivity contribution in [1.82, 2.24) is 33.9 Å². The summed E-state index contributed by atoms with van der Waals surface area (Å²) in [4.78, 5) is 30.5. The van der Waals surface area contributed by atoms with E-state index in [1.54, 1.807) is 16.8 Å². The number of amides is 1. The number of aromatic nitrogens is 4. The van der Waals surface area contributed by atoms with Gasteiger partial charge in [-0.15, -0.1) is 0 Å². The number of carbonyl (C=O) groups is 2. The fraction of sp³-hybridized carbons (Fsp3) is 0.517. The highest BCUT2D eigenvalue weighted by atomic mass is 32.2. The zero-order chi connectivity index (χ0) is 28.9. The smallest absolute Gasteiger partial charge is 0.410 e. The van der Waals surface area contributed by atoms with Crippen LogP contribution >= 0.6 is 11.9 Å². The van der Waals surface area contributed by atoms with Crippen LogP contribution in [0.25, 0.3) is 0 Å². The number of pyridine rings is 1. The van der Waals surface area contributed by atoms with E-state index in [1.807, 2.05) is 75.6 Å². The van der Waals surface area contributed by atoms with Gasteiger partial charge in [0.05, 0.1) is 24.5 Å². The second kappa shape index (κ2) is 13.0. The molecule has 1 amide bonds. The molecule has 2 aliphatic rings. The van der Waals surface area contributed by atoms with Crippen molar-refractivity contribution in [2.75, 3.05) is 26.7 Å². The molecule has 0 aromatic carbocycles. The number of hydrogen-bond acceptors (Lipinski definition) is 8. The standard InChI is InChI=1S/C16H25N3O2.C13H16N4OS/c1-16(2,3)21-15(20)19-9-7-13(11-19)14-12(10-17-4)6-5-8-18-14;1-10-13(7-12(9-18)15(10)2)19-16-5-6-17-11(8-16)3-4-14-17/h5-6,8,13,17H,7,9-11H2,1-4H3;3-4,7,9H,5-6,8H2,1-2H3. The molecule has 1 atom stereocenters. The van der Waals surface area contributed by atoms with E-state index in [9.17, 15) is 9.59 Å². The molecule has 0 spiro atoms. The summed E-state index contributed by atoms with van der Waals surface area (Å²) in [5.74, 6) is 0.294. The molecule has 3 aromatic rings. The summed E-state index contributed by atoms with van der Waals surface area (Å²) in [5.41, 5.74) is 4.95. The molecule has 0 bridgehead atoms. The van der Waals surface area contributed by atoms with Gasteiger partial charge in [0.2, 0.25) is 0 Å². The van der Waals surface area contributed by atoms with Crippen LogP contribution in [0.5, 0.6) is 0 Å². The van der Waals surface area contributed by atoms with Gasteiger partial charge in [0.15, 0.2) is 6.29 Å². The molecule has 3 aromatic heterocycles. The SMILES string of the molecule is CNCc1cccnc1C1CCN(C(=O)OC(C)(C)C)C1.Cc1c(SN2CCn3nccc3C2)cc(C=O)n1C. The summed E-state index contributed by atoms with van der Waals surface area (Å²) in [6.45, 7) is 12.7. The maximum atomic E-state index is 12.1. The van der Waals surface area contributed by atoms with Crippen molar-refractivity contribution in [3.05, 3.63) is 65.0 Å². The van der Waals surface area contributed by atoms with Crippen LogP contribution in [0.2, 0.25) is 0 Å². The van der Waals surface area contributed by atoms with Crippen LogP contribution in [-0.4, -0.2) is 73.2 Å². The second-order valence-electron chi connectivity index (χ2n) is 11.2. The maximum Gasteiger partial charge on any atom is 0.410 e. The average molecular weight is 568 g/mol. The van der Waals surface area contributed by atoms with Crippen LogP contribution in [0.15, 0.2) is 41.6 Å². The van der Waals surface area contributed by atoms with Crippen LogP contribution in [0.4, 0.5) is 4.79 Å². The molecular formula is C29H41N7O3S. The van der Waals surface area contributed by atoms with Crippen LogP contribution in [-0.2, 0) is 31.4 Å². The van der Waals surface area contributed by atoms with E-state index in [1.165, 1.54) is 11.3 Å². The van der Waals surface area contributed by atoms with Gasteiger partial charge in [0, 0.05) is 67.8 Å². The van der Waals surface area contributed by atoms with E-state index in [4.69, 9.17) is 4.74 Å². The topological polar surface area (TPSA) is 97.5 Å². The van der Waals surface area contributed by atoms with Crippen molar-refractivity contribution >= 4 is 24.3 Å². The molecule has 1 saturated heterocycles. The summed E-state index contributed by atoms with van der Waals surface area (Å²) in [7, 11) is 3.85. The van der Waals surface area contributed by atoms with E-state index >= 15 is 0 Å². The number of nitrogens with one attached hydrogen (secondary N) is 1. The Kier molecular flexibility index (Phi) is 9.70. The molecule has 0 aliphatic carbocycles. The number of nitrogens with zero attached hydrogens (tertiary/aromatic N) is 6. The Morgan fingerprint density at radius 3 is 2.73 bits per heavy atom. The lowest BCUT2D eigenvalue weighted by Crippen LogP contribution is -2.35. The van der Waals surface area contributed by atoms with Gasteiger partial charge < -0.3 is 19.5 Å². The molecule has 5 heterocycles. The van der Waals surface area contributed by atoms with E-state index in [0.717, 1.165) is 67.4 Å². The highest BCUT2D eigenvalue weighted by Gasteiger charge is 2.32.